The topological polar surface area (TPSA) is 56.5 Å². The van der Waals surface area contributed by atoms with Crippen LogP contribution in [-0.2, 0) is 6.42 Å². The van der Waals surface area contributed by atoms with E-state index in [1.54, 1.807) is 7.11 Å². The van der Waals surface area contributed by atoms with Crippen LogP contribution in [0.25, 0.3) is 0 Å². The minimum absolute atomic E-state index is 0.621. The minimum atomic E-state index is 0.621. The van der Waals surface area contributed by atoms with Gasteiger partial charge in [0.15, 0.2) is 0 Å². The summed E-state index contributed by atoms with van der Waals surface area (Å²) in [5.41, 5.74) is 6.48. The Morgan fingerprint density at radius 1 is 1.39 bits per heavy atom. The average Bonchev–Trinajstić information content (AvgIpc) is 2.40. The lowest BCUT2D eigenvalue weighted by molar-refractivity contribution is 0.311. The molecular formula is C14H22N2O2. The summed E-state index contributed by atoms with van der Waals surface area (Å²) in [6.07, 6.45) is 2.62. The van der Waals surface area contributed by atoms with Crippen LogP contribution in [0.15, 0.2) is 30.9 Å². The predicted molar refractivity (Wildman–Crippen MR) is 74.3 cm³/mol. The lowest BCUT2D eigenvalue weighted by atomic mass is 10.1. The largest absolute Gasteiger partial charge is 0.497 e. The highest BCUT2D eigenvalue weighted by Gasteiger charge is 2.04. The molecule has 0 aliphatic rings. The maximum atomic E-state index is 5.73. The van der Waals surface area contributed by atoms with Crippen LogP contribution in [0.2, 0.25) is 0 Å². The van der Waals surface area contributed by atoms with E-state index < -0.39 is 0 Å². The fourth-order valence-corrected chi connectivity index (χ4v) is 1.60. The number of allylic oxidation sites excluding steroid dienone is 1. The van der Waals surface area contributed by atoms with Gasteiger partial charge in [-0.1, -0.05) is 6.08 Å². The van der Waals surface area contributed by atoms with Crippen molar-refractivity contribution in [2.45, 2.75) is 6.42 Å². The lowest BCUT2D eigenvalue weighted by Crippen LogP contribution is -2.26. The average molecular weight is 250 g/mol. The smallest absolute Gasteiger partial charge is 0.123 e. The van der Waals surface area contributed by atoms with Gasteiger partial charge >= 0.3 is 0 Å². The van der Waals surface area contributed by atoms with Gasteiger partial charge in [-0.15, -0.1) is 6.58 Å². The van der Waals surface area contributed by atoms with Gasteiger partial charge in [0.1, 0.15) is 18.1 Å². The first-order valence-electron chi connectivity index (χ1n) is 6.13. The molecule has 3 N–H and O–H groups in total. The Balaban J connectivity index is 2.54. The van der Waals surface area contributed by atoms with Crippen molar-refractivity contribution in [3.8, 4) is 11.5 Å². The fraction of sp³-hybridized carbons (Fsp3) is 0.429. The number of nitrogens with two attached hydrogens (primary N) is 1. The summed E-state index contributed by atoms with van der Waals surface area (Å²) in [5, 5.41) is 3.18. The first kappa shape index (κ1) is 14.5. The van der Waals surface area contributed by atoms with Crippen molar-refractivity contribution in [3.63, 3.8) is 0 Å². The molecule has 4 heteroatoms. The Morgan fingerprint density at radius 3 is 2.89 bits per heavy atom. The number of benzene rings is 1. The highest BCUT2D eigenvalue weighted by Crippen LogP contribution is 2.24. The Labute approximate surface area is 109 Å². The highest BCUT2D eigenvalue weighted by atomic mass is 16.5. The van der Waals surface area contributed by atoms with Gasteiger partial charge in [0.05, 0.1) is 7.11 Å². The summed E-state index contributed by atoms with van der Waals surface area (Å²) in [5.74, 6) is 1.71. The summed E-state index contributed by atoms with van der Waals surface area (Å²) in [6, 6.07) is 5.81. The molecule has 100 valence electrons. The first-order valence-corrected chi connectivity index (χ1v) is 6.13. The standard InChI is InChI=1S/C14H22N2O2/c1-3-4-12-11-13(17-2)5-6-14(12)18-10-9-16-8-7-15/h3,5-6,11,16H,1,4,7-10,15H2,2H3. The summed E-state index contributed by atoms with van der Waals surface area (Å²) in [7, 11) is 1.66. The molecule has 0 bridgehead atoms. The van der Waals surface area contributed by atoms with Crippen LogP contribution in [0.4, 0.5) is 0 Å². The fourth-order valence-electron chi connectivity index (χ4n) is 1.60. The van der Waals surface area contributed by atoms with Crippen molar-refractivity contribution in [3.05, 3.63) is 36.4 Å². The molecular weight excluding hydrogens is 228 g/mol. The number of rotatable bonds is 9. The Bertz CT molecular complexity index is 367. The number of hydrogen-bond donors (Lipinski definition) is 2. The quantitative estimate of drug-likeness (QED) is 0.513. The molecule has 18 heavy (non-hydrogen) atoms. The van der Waals surface area contributed by atoms with Gasteiger partial charge in [0.25, 0.3) is 0 Å². The Morgan fingerprint density at radius 2 is 2.22 bits per heavy atom. The van der Waals surface area contributed by atoms with Gasteiger partial charge in [-0.25, -0.2) is 0 Å². The number of ether oxygens (including phenoxy) is 2. The van der Waals surface area contributed by atoms with Crippen molar-refractivity contribution in [2.75, 3.05) is 33.4 Å². The molecule has 0 fully saturated rings. The summed E-state index contributed by atoms with van der Waals surface area (Å²) in [4.78, 5) is 0. The third kappa shape index (κ3) is 4.77. The molecule has 0 aliphatic heterocycles. The molecule has 0 saturated carbocycles. The van der Waals surface area contributed by atoms with E-state index in [0.717, 1.165) is 36.6 Å². The Kier molecular flexibility index (Phi) is 6.91. The van der Waals surface area contributed by atoms with Crippen LogP contribution in [-0.4, -0.2) is 33.4 Å². The molecule has 0 saturated heterocycles. The highest BCUT2D eigenvalue weighted by molar-refractivity contribution is 5.41. The van der Waals surface area contributed by atoms with Crippen molar-refractivity contribution in [1.82, 2.24) is 5.32 Å². The molecule has 0 aromatic heterocycles. The molecule has 1 rings (SSSR count). The summed E-state index contributed by atoms with van der Waals surface area (Å²) >= 11 is 0. The second-order valence-corrected chi connectivity index (χ2v) is 3.85. The second kappa shape index (κ2) is 8.55. The van der Waals surface area contributed by atoms with Gasteiger partial charge in [-0.2, -0.15) is 0 Å². The normalized spacial score (nSPS) is 10.1. The SMILES string of the molecule is C=CCc1cc(OC)ccc1OCCNCCN. The van der Waals surface area contributed by atoms with Crippen LogP contribution in [0.1, 0.15) is 5.56 Å². The van der Waals surface area contributed by atoms with Crippen LogP contribution in [0.3, 0.4) is 0 Å². The first-order chi connectivity index (χ1) is 8.81. The number of nitrogens with one attached hydrogen (secondary N) is 1. The third-order valence-electron chi connectivity index (χ3n) is 2.49. The van der Waals surface area contributed by atoms with E-state index in [1.165, 1.54) is 0 Å². The third-order valence-corrected chi connectivity index (χ3v) is 2.49. The predicted octanol–water partition coefficient (Wildman–Crippen LogP) is 1.35. The van der Waals surface area contributed by atoms with Crippen molar-refractivity contribution in [1.29, 1.82) is 0 Å². The van der Waals surface area contributed by atoms with Crippen LogP contribution in [0.5, 0.6) is 11.5 Å². The van der Waals surface area contributed by atoms with Crippen LogP contribution >= 0.6 is 0 Å². The van der Waals surface area contributed by atoms with E-state index in [0.29, 0.717) is 13.2 Å². The Hall–Kier alpha value is -1.52. The lowest BCUT2D eigenvalue weighted by Gasteiger charge is -2.12. The molecule has 0 atom stereocenters. The van der Waals surface area contributed by atoms with E-state index in [4.69, 9.17) is 15.2 Å². The maximum Gasteiger partial charge on any atom is 0.123 e. The van der Waals surface area contributed by atoms with E-state index in [2.05, 4.69) is 11.9 Å². The zero-order chi connectivity index (χ0) is 13.2. The van der Waals surface area contributed by atoms with Crippen LogP contribution in [0, 0.1) is 0 Å². The van der Waals surface area contributed by atoms with Crippen molar-refractivity contribution >= 4 is 0 Å². The van der Waals surface area contributed by atoms with Gasteiger partial charge in [0, 0.05) is 25.2 Å². The van der Waals surface area contributed by atoms with Crippen LogP contribution < -0.4 is 20.5 Å². The van der Waals surface area contributed by atoms with E-state index in [-0.39, 0.29) is 0 Å². The monoisotopic (exact) mass is 250 g/mol. The van der Waals surface area contributed by atoms with Gasteiger partial charge in [0.2, 0.25) is 0 Å². The molecule has 1 aromatic rings. The van der Waals surface area contributed by atoms with E-state index in [1.807, 2.05) is 24.3 Å². The second-order valence-electron chi connectivity index (χ2n) is 3.85. The molecule has 0 spiro atoms. The van der Waals surface area contributed by atoms with Gasteiger partial charge in [-0.05, 0) is 24.6 Å². The molecule has 1 aromatic carbocycles. The van der Waals surface area contributed by atoms with E-state index >= 15 is 0 Å². The molecule has 0 radical (unpaired) electrons. The van der Waals surface area contributed by atoms with Crippen molar-refractivity contribution in [2.24, 2.45) is 5.73 Å². The molecule has 0 amide bonds. The minimum Gasteiger partial charge on any atom is -0.497 e. The van der Waals surface area contributed by atoms with Gasteiger partial charge in [-0.3, -0.25) is 0 Å². The van der Waals surface area contributed by atoms with Crippen molar-refractivity contribution < 1.29 is 9.47 Å². The molecule has 4 nitrogen and oxygen atoms in total. The van der Waals surface area contributed by atoms with Gasteiger partial charge < -0.3 is 20.5 Å². The summed E-state index contributed by atoms with van der Waals surface area (Å²) in [6.45, 7) is 6.61. The molecule has 0 unspecified atom stereocenters. The van der Waals surface area contributed by atoms with E-state index in [9.17, 15) is 0 Å². The molecule has 0 heterocycles. The zero-order valence-corrected chi connectivity index (χ0v) is 10.9. The number of methoxy groups -OCH3 is 1. The summed E-state index contributed by atoms with van der Waals surface area (Å²) < 4.78 is 10.9. The number of hydrogen-bond acceptors (Lipinski definition) is 4. The molecule has 0 aliphatic carbocycles. The maximum absolute atomic E-state index is 5.73. The zero-order valence-electron chi connectivity index (χ0n) is 10.9.